The van der Waals surface area contributed by atoms with E-state index in [4.69, 9.17) is 5.11 Å². The molecule has 0 saturated carbocycles. The third kappa shape index (κ3) is 2.49. The van der Waals surface area contributed by atoms with Crippen LogP contribution in [0.15, 0.2) is 10.5 Å². The van der Waals surface area contributed by atoms with Crippen LogP contribution in [0.3, 0.4) is 0 Å². The molecule has 0 unspecified atom stereocenters. The van der Waals surface area contributed by atoms with Gasteiger partial charge in [-0.2, -0.15) is 0 Å². The van der Waals surface area contributed by atoms with Crippen molar-refractivity contribution in [1.82, 2.24) is 4.98 Å². The van der Waals surface area contributed by atoms with Crippen molar-refractivity contribution in [3.8, 4) is 0 Å². The number of hydrogen-bond acceptors (Lipinski definition) is 2. The van der Waals surface area contributed by atoms with Crippen LogP contribution >= 0.6 is 31.9 Å². The first kappa shape index (κ1) is 12.0. The van der Waals surface area contributed by atoms with E-state index in [1.165, 1.54) is 6.07 Å². The molecule has 0 radical (unpaired) electrons. The minimum atomic E-state index is -2.62. The Morgan fingerprint density at radius 1 is 1.50 bits per heavy atom. The van der Waals surface area contributed by atoms with E-state index in [0.29, 0.717) is 15.4 Å². The molecule has 14 heavy (non-hydrogen) atoms. The number of pyridine rings is 1. The summed E-state index contributed by atoms with van der Waals surface area (Å²) in [5.74, 6) is 0. The normalized spacial score (nSPS) is 11.0. The second kappa shape index (κ2) is 5.14. The van der Waals surface area contributed by atoms with E-state index in [9.17, 15) is 8.78 Å². The summed E-state index contributed by atoms with van der Waals surface area (Å²) in [7, 11) is 0. The molecule has 0 bridgehead atoms. The van der Waals surface area contributed by atoms with Gasteiger partial charge in [0.05, 0.1) is 12.3 Å². The van der Waals surface area contributed by atoms with Crippen molar-refractivity contribution >= 4 is 31.9 Å². The molecule has 1 N–H and O–H groups in total. The lowest BCUT2D eigenvalue weighted by Crippen LogP contribution is -2.01. The molecule has 0 spiro atoms. The van der Waals surface area contributed by atoms with Crippen molar-refractivity contribution in [2.24, 2.45) is 0 Å². The molecule has 0 aliphatic rings. The molecule has 0 aliphatic heterocycles. The van der Waals surface area contributed by atoms with Crippen LogP contribution in [-0.4, -0.2) is 10.1 Å². The van der Waals surface area contributed by atoms with Crippen molar-refractivity contribution in [3.05, 3.63) is 27.5 Å². The first-order valence-electron chi connectivity index (χ1n) is 3.73. The van der Waals surface area contributed by atoms with Crippen LogP contribution in [-0.2, 0) is 11.9 Å². The van der Waals surface area contributed by atoms with E-state index in [1.54, 1.807) is 0 Å². The molecular formula is C8H7Br2F2NO. The number of hydrogen-bond donors (Lipinski definition) is 1. The predicted octanol–water partition coefficient (Wildman–Crippen LogP) is 3.17. The fraction of sp³-hybridized carbons (Fsp3) is 0.375. The fourth-order valence-corrected chi connectivity index (χ4v) is 2.60. The Labute approximate surface area is 96.6 Å². The first-order valence-corrected chi connectivity index (χ1v) is 5.64. The van der Waals surface area contributed by atoms with E-state index in [1.807, 2.05) is 0 Å². The number of aliphatic hydroxyl groups excluding tert-OH is 1. The Hall–Kier alpha value is -0.0700. The lowest BCUT2D eigenvalue weighted by Gasteiger charge is -2.08. The Morgan fingerprint density at radius 3 is 2.57 bits per heavy atom. The molecule has 1 aromatic rings. The average Bonchev–Trinajstić information content (AvgIpc) is 2.16. The molecule has 0 aliphatic carbocycles. The van der Waals surface area contributed by atoms with Gasteiger partial charge < -0.3 is 5.11 Å². The van der Waals surface area contributed by atoms with Crippen molar-refractivity contribution in [2.75, 3.05) is 0 Å². The Morgan fingerprint density at radius 2 is 2.14 bits per heavy atom. The van der Waals surface area contributed by atoms with E-state index in [0.717, 1.165) is 0 Å². The molecule has 0 atom stereocenters. The van der Waals surface area contributed by atoms with Crippen LogP contribution < -0.4 is 0 Å². The number of aromatic nitrogens is 1. The lowest BCUT2D eigenvalue weighted by atomic mass is 10.2. The molecule has 0 saturated heterocycles. The molecule has 0 fully saturated rings. The van der Waals surface area contributed by atoms with Gasteiger partial charge in [-0.3, -0.25) is 0 Å². The van der Waals surface area contributed by atoms with Crippen LogP contribution in [0.5, 0.6) is 0 Å². The molecule has 0 aromatic carbocycles. The monoisotopic (exact) mass is 329 g/mol. The zero-order valence-electron chi connectivity index (χ0n) is 6.98. The standard InChI is InChI=1S/C8H7Br2F2NO/c9-2-4-5(10)1-6(8(11)12)13-7(4)3-14/h1,8,14H,2-3H2. The minimum Gasteiger partial charge on any atom is -0.390 e. The van der Waals surface area contributed by atoms with Crippen molar-refractivity contribution < 1.29 is 13.9 Å². The number of halogens is 4. The van der Waals surface area contributed by atoms with E-state index >= 15 is 0 Å². The Balaban J connectivity index is 3.24. The second-order valence-electron chi connectivity index (χ2n) is 2.55. The number of nitrogens with zero attached hydrogens (tertiary/aromatic N) is 1. The lowest BCUT2D eigenvalue weighted by molar-refractivity contribution is 0.145. The second-order valence-corrected chi connectivity index (χ2v) is 3.96. The Kier molecular flexibility index (Phi) is 4.40. The van der Waals surface area contributed by atoms with E-state index in [-0.39, 0.29) is 18.0 Å². The molecule has 1 heterocycles. The van der Waals surface area contributed by atoms with Gasteiger partial charge in [0, 0.05) is 15.4 Å². The van der Waals surface area contributed by atoms with Crippen LogP contribution in [0.1, 0.15) is 23.4 Å². The van der Waals surface area contributed by atoms with Gasteiger partial charge in [-0.25, -0.2) is 13.8 Å². The topological polar surface area (TPSA) is 33.1 Å². The highest BCUT2D eigenvalue weighted by Crippen LogP contribution is 2.27. The Bertz CT molecular complexity index is 333. The molecule has 6 heteroatoms. The number of alkyl halides is 3. The molecule has 1 rings (SSSR count). The maximum Gasteiger partial charge on any atom is 0.280 e. The SMILES string of the molecule is OCc1nc(C(F)F)cc(Br)c1CBr. The zero-order valence-corrected chi connectivity index (χ0v) is 10.1. The van der Waals surface area contributed by atoms with Crippen LogP contribution in [0, 0.1) is 0 Å². The molecule has 78 valence electrons. The van der Waals surface area contributed by atoms with Crippen molar-refractivity contribution in [2.45, 2.75) is 18.4 Å². The molecule has 2 nitrogen and oxygen atoms in total. The van der Waals surface area contributed by atoms with Gasteiger partial charge in [0.15, 0.2) is 0 Å². The largest absolute Gasteiger partial charge is 0.390 e. The van der Waals surface area contributed by atoms with E-state index in [2.05, 4.69) is 36.8 Å². The third-order valence-electron chi connectivity index (χ3n) is 1.68. The summed E-state index contributed by atoms with van der Waals surface area (Å²) in [6, 6.07) is 1.26. The number of rotatable bonds is 3. The summed E-state index contributed by atoms with van der Waals surface area (Å²) in [5.41, 5.74) is 0.633. The first-order chi connectivity index (χ1) is 6.60. The smallest absolute Gasteiger partial charge is 0.280 e. The maximum atomic E-state index is 12.3. The summed E-state index contributed by atoms with van der Waals surface area (Å²) in [6.07, 6.45) is -2.62. The van der Waals surface area contributed by atoms with E-state index < -0.39 is 6.43 Å². The van der Waals surface area contributed by atoms with Gasteiger partial charge in [0.25, 0.3) is 6.43 Å². The quantitative estimate of drug-likeness (QED) is 0.863. The molecule has 1 aromatic heterocycles. The van der Waals surface area contributed by atoms with Crippen LogP contribution in [0.25, 0.3) is 0 Å². The average molecular weight is 331 g/mol. The van der Waals surface area contributed by atoms with Gasteiger partial charge in [-0.15, -0.1) is 0 Å². The highest BCUT2D eigenvalue weighted by molar-refractivity contribution is 9.10. The highest BCUT2D eigenvalue weighted by Gasteiger charge is 2.15. The van der Waals surface area contributed by atoms with Crippen molar-refractivity contribution in [3.63, 3.8) is 0 Å². The van der Waals surface area contributed by atoms with Gasteiger partial charge in [0.1, 0.15) is 5.69 Å². The highest BCUT2D eigenvalue weighted by atomic mass is 79.9. The van der Waals surface area contributed by atoms with Gasteiger partial charge in [-0.05, 0) is 6.07 Å². The summed E-state index contributed by atoms with van der Waals surface area (Å²) >= 11 is 6.35. The van der Waals surface area contributed by atoms with Crippen molar-refractivity contribution in [1.29, 1.82) is 0 Å². The maximum absolute atomic E-state index is 12.3. The minimum absolute atomic E-state index is 0.270. The summed E-state index contributed by atoms with van der Waals surface area (Å²) < 4.78 is 25.2. The van der Waals surface area contributed by atoms with Gasteiger partial charge in [-0.1, -0.05) is 31.9 Å². The predicted molar refractivity (Wildman–Crippen MR) is 55.4 cm³/mol. The number of aliphatic hydroxyl groups is 1. The van der Waals surface area contributed by atoms with Gasteiger partial charge >= 0.3 is 0 Å². The fourth-order valence-electron chi connectivity index (χ4n) is 0.994. The summed E-state index contributed by atoms with van der Waals surface area (Å²) in [6.45, 7) is -0.347. The zero-order chi connectivity index (χ0) is 10.7. The molecule has 0 amide bonds. The van der Waals surface area contributed by atoms with Crippen LogP contribution in [0.4, 0.5) is 8.78 Å². The third-order valence-corrected chi connectivity index (χ3v) is 2.95. The molecular weight excluding hydrogens is 324 g/mol. The summed E-state index contributed by atoms with van der Waals surface area (Å²) in [4.78, 5) is 3.66. The summed E-state index contributed by atoms with van der Waals surface area (Å²) in [5, 5.41) is 9.39. The van der Waals surface area contributed by atoms with Gasteiger partial charge in [0.2, 0.25) is 0 Å². The van der Waals surface area contributed by atoms with Crippen LogP contribution in [0.2, 0.25) is 0 Å².